The van der Waals surface area contributed by atoms with E-state index in [1.54, 1.807) is 0 Å². The van der Waals surface area contributed by atoms with Gasteiger partial charge in [0.2, 0.25) is 0 Å². The summed E-state index contributed by atoms with van der Waals surface area (Å²) in [5.74, 6) is 0.928. The van der Waals surface area contributed by atoms with Crippen LogP contribution in [0.25, 0.3) is 11.1 Å². The molecule has 1 unspecified atom stereocenters. The second-order valence-electron chi connectivity index (χ2n) is 6.77. The standard InChI is InChI=1S/C18H21N5O2/c1-10-8-13(15-12(3)21-25-17(15)20-10)18(24)23-7-5-6-14(23)16-19-11(2)9-22(16)4/h8-9,14H,5-7H2,1-4H3. The van der Waals surface area contributed by atoms with Gasteiger partial charge in [0, 0.05) is 25.5 Å². The predicted molar refractivity (Wildman–Crippen MR) is 92.2 cm³/mol. The molecule has 1 fully saturated rings. The number of carbonyl (C=O) groups excluding carboxylic acids is 1. The molecule has 1 atom stereocenters. The Kier molecular flexibility index (Phi) is 3.59. The van der Waals surface area contributed by atoms with Crippen molar-refractivity contribution in [3.63, 3.8) is 0 Å². The topological polar surface area (TPSA) is 77.0 Å². The van der Waals surface area contributed by atoms with Crippen LogP contribution >= 0.6 is 0 Å². The molecule has 0 radical (unpaired) electrons. The van der Waals surface area contributed by atoms with E-state index in [0.29, 0.717) is 22.4 Å². The van der Waals surface area contributed by atoms with Crippen LogP contribution in [0.1, 0.15) is 52.1 Å². The molecule has 7 heteroatoms. The van der Waals surface area contributed by atoms with Gasteiger partial charge in [-0.2, -0.15) is 0 Å². The van der Waals surface area contributed by atoms with Crippen LogP contribution in [0.3, 0.4) is 0 Å². The van der Waals surface area contributed by atoms with E-state index >= 15 is 0 Å². The maximum absolute atomic E-state index is 13.4. The van der Waals surface area contributed by atoms with Crippen LogP contribution < -0.4 is 0 Å². The van der Waals surface area contributed by atoms with Crippen LogP contribution in [0.15, 0.2) is 16.8 Å². The number of carbonyl (C=O) groups is 1. The molecule has 0 bridgehead atoms. The first-order valence-corrected chi connectivity index (χ1v) is 8.50. The van der Waals surface area contributed by atoms with Crippen molar-refractivity contribution < 1.29 is 9.32 Å². The van der Waals surface area contributed by atoms with Gasteiger partial charge in [-0.3, -0.25) is 4.79 Å². The van der Waals surface area contributed by atoms with Crippen molar-refractivity contribution in [3.8, 4) is 0 Å². The molecule has 4 rings (SSSR count). The van der Waals surface area contributed by atoms with Crippen molar-refractivity contribution in [2.75, 3.05) is 6.54 Å². The van der Waals surface area contributed by atoms with Crippen molar-refractivity contribution in [1.29, 1.82) is 0 Å². The molecule has 0 spiro atoms. The molecular weight excluding hydrogens is 318 g/mol. The Bertz CT molecular complexity index is 971. The smallest absolute Gasteiger partial charge is 0.258 e. The summed E-state index contributed by atoms with van der Waals surface area (Å²) in [6, 6.07) is 1.82. The van der Waals surface area contributed by atoms with Gasteiger partial charge >= 0.3 is 0 Å². The maximum atomic E-state index is 13.4. The molecule has 1 aliphatic rings. The zero-order chi connectivity index (χ0) is 17.7. The Morgan fingerprint density at radius 2 is 2.04 bits per heavy atom. The lowest BCUT2D eigenvalue weighted by Gasteiger charge is -2.24. The monoisotopic (exact) mass is 339 g/mol. The van der Waals surface area contributed by atoms with E-state index in [1.807, 2.05) is 49.5 Å². The van der Waals surface area contributed by atoms with Gasteiger partial charge in [0.05, 0.1) is 28.4 Å². The number of likely N-dealkylation sites (tertiary alicyclic amines) is 1. The van der Waals surface area contributed by atoms with Crippen LogP contribution in [0, 0.1) is 20.8 Å². The van der Waals surface area contributed by atoms with Gasteiger partial charge < -0.3 is 14.0 Å². The zero-order valence-corrected chi connectivity index (χ0v) is 14.9. The quantitative estimate of drug-likeness (QED) is 0.717. The third kappa shape index (κ3) is 2.50. The number of amides is 1. The first kappa shape index (κ1) is 15.8. The molecule has 3 aromatic rings. The molecule has 4 heterocycles. The number of fused-ring (bicyclic) bond motifs is 1. The van der Waals surface area contributed by atoms with E-state index in [4.69, 9.17) is 4.52 Å². The highest BCUT2D eigenvalue weighted by Crippen LogP contribution is 2.34. The van der Waals surface area contributed by atoms with Crippen molar-refractivity contribution >= 4 is 17.0 Å². The summed E-state index contributed by atoms with van der Waals surface area (Å²) >= 11 is 0. The van der Waals surface area contributed by atoms with Gasteiger partial charge in [-0.1, -0.05) is 5.16 Å². The van der Waals surface area contributed by atoms with E-state index in [1.165, 1.54) is 0 Å². The fourth-order valence-corrected chi connectivity index (χ4v) is 3.76. The summed E-state index contributed by atoms with van der Waals surface area (Å²) in [6.07, 6.45) is 3.89. The molecule has 130 valence electrons. The van der Waals surface area contributed by atoms with Gasteiger partial charge in [0.25, 0.3) is 11.6 Å². The Labute approximate surface area is 145 Å². The summed E-state index contributed by atoms with van der Waals surface area (Å²) in [5.41, 5.74) is 3.43. The first-order chi connectivity index (χ1) is 12.0. The number of aryl methyl sites for hydroxylation is 4. The molecule has 0 N–H and O–H groups in total. The van der Waals surface area contributed by atoms with Gasteiger partial charge in [0.15, 0.2) is 0 Å². The molecule has 7 nitrogen and oxygen atoms in total. The highest BCUT2D eigenvalue weighted by molar-refractivity contribution is 6.06. The number of hydrogen-bond donors (Lipinski definition) is 0. The van der Waals surface area contributed by atoms with Crippen molar-refractivity contribution in [1.82, 2.24) is 24.6 Å². The summed E-state index contributed by atoms with van der Waals surface area (Å²) < 4.78 is 7.29. The first-order valence-electron chi connectivity index (χ1n) is 8.50. The lowest BCUT2D eigenvalue weighted by atomic mass is 10.1. The van der Waals surface area contributed by atoms with Gasteiger partial charge in [-0.25, -0.2) is 9.97 Å². The Balaban J connectivity index is 1.78. The average molecular weight is 339 g/mol. The Morgan fingerprint density at radius 3 is 2.76 bits per heavy atom. The van der Waals surface area contributed by atoms with Crippen LogP contribution in [0.5, 0.6) is 0 Å². The van der Waals surface area contributed by atoms with Crippen LogP contribution in [-0.4, -0.2) is 37.0 Å². The summed E-state index contributed by atoms with van der Waals surface area (Å²) in [6.45, 7) is 6.39. The molecular formula is C18H21N5O2. The molecule has 1 amide bonds. The van der Waals surface area contributed by atoms with Gasteiger partial charge in [-0.15, -0.1) is 0 Å². The van der Waals surface area contributed by atoms with E-state index in [9.17, 15) is 4.79 Å². The highest BCUT2D eigenvalue weighted by Gasteiger charge is 2.34. The lowest BCUT2D eigenvalue weighted by molar-refractivity contribution is 0.0730. The van der Waals surface area contributed by atoms with Gasteiger partial charge in [-0.05, 0) is 39.7 Å². The normalized spacial score (nSPS) is 17.6. The van der Waals surface area contributed by atoms with E-state index in [2.05, 4.69) is 15.1 Å². The number of aromatic nitrogens is 4. The highest BCUT2D eigenvalue weighted by atomic mass is 16.5. The second kappa shape index (κ2) is 5.68. The average Bonchev–Trinajstić information content (AvgIpc) is 3.25. The molecule has 1 saturated heterocycles. The molecule has 3 aromatic heterocycles. The van der Waals surface area contributed by atoms with Crippen LogP contribution in [0.4, 0.5) is 0 Å². The second-order valence-corrected chi connectivity index (χ2v) is 6.77. The minimum absolute atomic E-state index is 0.00473. The number of imidazole rings is 1. The minimum atomic E-state index is -0.00930. The van der Waals surface area contributed by atoms with Crippen molar-refractivity contribution in [2.45, 2.75) is 39.7 Å². The SMILES string of the molecule is Cc1cn(C)c(C2CCCN2C(=O)c2cc(C)nc3onc(C)c23)n1. The largest absolute Gasteiger partial charge is 0.336 e. The van der Waals surface area contributed by atoms with E-state index < -0.39 is 0 Å². The van der Waals surface area contributed by atoms with E-state index in [0.717, 1.165) is 36.6 Å². The van der Waals surface area contributed by atoms with E-state index in [-0.39, 0.29) is 11.9 Å². The molecule has 1 aliphatic heterocycles. The summed E-state index contributed by atoms with van der Waals surface area (Å²) in [5, 5.41) is 4.68. The predicted octanol–water partition coefficient (Wildman–Crippen LogP) is 2.86. The fraction of sp³-hybridized carbons (Fsp3) is 0.444. The van der Waals surface area contributed by atoms with Crippen molar-refractivity contribution in [3.05, 3.63) is 40.7 Å². The Morgan fingerprint density at radius 1 is 1.24 bits per heavy atom. The molecule has 25 heavy (non-hydrogen) atoms. The maximum Gasteiger partial charge on any atom is 0.258 e. The number of nitrogens with zero attached hydrogens (tertiary/aromatic N) is 5. The molecule has 0 aliphatic carbocycles. The van der Waals surface area contributed by atoms with Crippen molar-refractivity contribution in [2.24, 2.45) is 7.05 Å². The van der Waals surface area contributed by atoms with Gasteiger partial charge in [0.1, 0.15) is 5.82 Å². The number of hydrogen-bond acceptors (Lipinski definition) is 5. The summed E-state index contributed by atoms with van der Waals surface area (Å²) in [4.78, 5) is 24.3. The molecule has 0 saturated carbocycles. The minimum Gasteiger partial charge on any atom is -0.336 e. The number of pyridine rings is 1. The molecule has 0 aromatic carbocycles. The fourth-order valence-electron chi connectivity index (χ4n) is 3.76. The third-order valence-corrected chi connectivity index (χ3v) is 4.82. The third-order valence-electron chi connectivity index (χ3n) is 4.82. The van der Waals surface area contributed by atoms with Crippen LogP contribution in [-0.2, 0) is 7.05 Å². The number of rotatable bonds is 2. The van der Waals surface area contributed by atoms with Crippen LogP contribution in [0.2, 0.25) is 0 Å². The summed E-state index contributed by atoms with van der Waals surface area (Å²) in [7, 11) is 1.98. The zero-order valence-electron chi connectivity index (χ0n) is 14.9. The lowest BCUT2D eigenvalue weighted by Crippen LogP contribution is -2.32. The Hall–Kier alpha value is -2.70.